The Hall–Kier alpha value is -2.66. The maximum atomic E-state index is 14.7. The van der Waals surface area contributed by atoms with Gasteiger partial charge in [-0.1, -0.05) is 0 Å². The lowest BCUT2D eigenvalue weighted by atomic mass is 10.2. The molecule has 2 aliphatic heterocycles. The normalized spacial score (nSPS) is 19.0. The van der Waals surface area contributed by atoms with E-state index in [1.54, 1.807) is 22.0 Å². The van der Waals surface area contributed by atoms with Gasteiger partial charge < -0.3 is 24.8 Å². The number of anilines is 2. The molecule has 11 heteroatoms. The number of nitrogens with one attached hydrogen (secondary N) is 1. The molecule has 2 N–H and O–H groups in total. The van der Waals surface area contributed by atoms with Crippen LogP contribution in [0, 0.1) is 5.82 Å². The third kappa shape index (κ3) is 4.60. The smallest absolute Gasteiger partial charge is 0.414 e. The van der Waals surface area contributed by atoms with E-state index in [-0.39, 0.29) is 18.3 Å². The minimum Gasteiger partial charge on any atom is -0.474 e. The number of hydrogen-bond acceptors (Lipinski definition) is 8. The van der Waals surface area contributed by atoms with Gasteiger partial charge in [0, 0.05) is 6.54 Å². The number of methoxy groups -OCH3 is 1. The summed E-state index contributed by atoms with van der Waals surface area (Å²) in [5, 5.41) is 17.9. The molecule has 2 aliphatic rings. The van der Waals surface area contributed by atoms with Crippen LogP contribution in [-0.4, -0.2) is 80.3 Å². The summed E-state index contributed by atoms with van der Waals surface area (Å²) >= 11 is 4.89. The molecule has 1 aromatic carbocycles. The molecule has 0 radical (unpaired) electrons. The Morgan fingerprint density at radius 2 is 2.32 bits per heavy atom. The zero-order valence-corrected chi connectivity index (χ0v) is 16.2. The maximum absolute atomic E-state index is 14.7. The molecule has 0 aromatic heterocycles. The summed E-state index contributed by atoms with van der Waals surface area (Å²) in [5.41, 5.74) is 0.784. The molecule has 1 amide bonds. The number of rotatable bonds is 6. The van der Waals surface area contributed by atoms with Crippen molar-refractivity contribution in [3.05, 3.63) is 24.0 Å². The number of carbonyl (C=O) groups is 1. The minimum atomic E-state index is -0.540. The van der Waals surface area contributed by atoms with E-state index < -0.39 is 18.0 Å². The van der Waals surface area contributed by atoms with Crippen LogP contribution in [0.15, 0.2) is 23.3 Å². The number of aliphatic hydroxyl groups is 1. The van der Waals surface area contributed by atoms with Gasteiger partial charge in [0.15, 0.2) is 0 Å². The summed E-state index contributed by atoms with van der Waals surface area (Å²) in [6.07, 6.45) is 0.568. The number of cyclic esters (lactones) is 1. The number of thiocarbonyl (C=S) groups is 1. The highest BCUT2D eigenvalue weighted by molar-refractivity contribution is 7.80. The highest BCUT2D eigenvalue weighted by atomic mass is 32.1. The van der Waals surface area contributed by atoms with E-state index in [1.807, 2.05) is 0 Å². The van der Waals surface area contributed by atoms with Crippen LogP contribution in [0.4, 0.5) is 20.6 Å². The van der Waals surface area contributed by atoms with Crippen molar-refractivity contribution in [2.24, 2.45) is 5.10 Å². The van der Waals surface area contributed by atoms with Crippen molar-refractivity contribution >= 4 is 41.2 Å². The number of nitrogens with zero attached hydrogens (tertiary/aromatic N) is 4. The first-order chi connectivity index (χ1) is 13.5. The van der Waals surface area contributed by atoms with Crippen molar-refractivity contribution < 1.29 is 23.8 Å². The Morgan fingerprint density at radius 3 is 2.96 bits per heavy atom. The van der Waals surface area contributed by atoms with E-state index in [9.17, 15) is 9.18 Å². The third-order valence-electron chi connectivity index (χ3n) is 4.40. The minimum absolute atomic E-state index is 0.0140. The molecular formula is C17H22FN5O4S. The van der Waals surface area contributed by atoms with Gasteiger partial charge in [-0.2, -0.15) is 5.10 Å². The quantitative estimate of drug-likeness (QED) is 0.663. The van der Waals surface area contributed by atoms with Crippen molar-refractivity contribution in [1.29, 1.82) is 0 Å². The zero-order valence-electron chi connectivity index (χ0n) is 15.4. The van der Waals surface area contributed by atoms with Gasteiger partial charge in [-0.05, 0) is 30.4 Å². The number of β-amino-alcohol motifs (C(OH)–C–C–N with tert-alkyl or cyclic N) is 1. The number of halogens is 1. The molecule has 0 saturated carbocycles. The average molecular weight is 411 g/mol. The fourth-order valence-electron chi connectivity index (χ4n) is 2.95. The van der Waals surface area contributed by atoms with Crippen LogP contribution in [0.1, 0.15) is 0 Å². The average Bonchev–Trinajstić information content (AvgIpc) is 3.07. The maximum Gasteiger partial charge on any atom is 0.414 e. The molecule has 1 atom stereocenters. The molecular weight excluding hydrogens is 389 g/mol. The highest BCUT2D eigenvalue weighted by Gasteiger charge is 2.33. The molecule has 0 unspecified atom stereocenters. The molecule has 1 aromatic rings. The number of benzene rings is 1. The van der Waals surface area contributed by atoms with Crippen LogP contribution in [0.2, 0.25) is 0 Å². The Labute approximate surface area is 167 Å². The number of hydrogen-bond donors (Lipinski definition) is 2. The van der Waals surface area contributed by atoms with Crippen LogP contribution in [0.25, 0.3) is 0 Å². The number of carbonyl (C=O) groups excluding carboxylic acids is 1. The number of hydrazone groups is 1. The van der Waals surface area contributed by atoms with E-state index >= 15 is 0 Å². The monoisotopic (exact) mass is 411 g/mol. The standard InChI is InChI=1S/C17H22FN5O4S/c1-26-16(28)19-9-13-10-23(17(25)27-13)12-2-3-15(14(18)8-12)21-4-5-22(6-7-24)20-11-21/h2-3,8,11,13,24H,4-7,9-10H2,1H3,(H,19,28)/t13-/m0/s1. The van der Waals surface area contributed by atoms with E-state index in [2.05, 4.69) is 10.4 Å². The fraction of sp³-hybridized carbons (Fsp3) is 0.471. The molecule has 1 saturated heterocycles. The third-order valence-corrected chi connectivity index (χ3v) is 4.71. The SMILES string of the molecule is COC(=S)NC[C@H]1CN(c2ccc(N3C=NN(CCO)CC3)c(F)c2)C(=O)O1. The van der Waals surface area contributed by atoms with Gasteiger partial charge in [0.2, 0.25) is 0 Å². The summed E-state index contributed by atoms with van der Waals surface area (Å²) < 4.78 is 24.8. The second-order valence-electron chi connectivity index (χ2n) is 6.23. The number of ether oxygens (including phenoxy) is 2. The fourth-order valence-corrected chi connectivity index (χ4v) is 3.03. The zero-order chi connectivity index (χ0) is 20.1. The topological polar surface area (TPSA) is 89.9 Å². The lowest BCUT2D eigenvalue weighted by molar-refractivity contribution is 0.142. The molecule has 2 heterocycles. The summed E-state index contributed by atoms with van der Waals surface area (Å²) in [6, 6.07) is 4.58. The van der Waals surface area contributed by atoms with Crippen LogP contribution in [0.3, 0.4) is 0 Å². The molecule has 9 nitrogen and oxygen atoms in total. The summed E-state index contributed by atoms with van der Waals surface area (Å²) in [4.78, 5) is 15.2. The van der Waals surface area contributed by atoms with Crippen molar-refractivity contribution in [2.45, 2.75) is 6.10 Å². The van der Waals surface area contributed by atoms with Crippen LogP contribution in [-0.2, 0) is 9.47 Å². The summed E-state index contributed by atoms with van der Waals surface area (Å²) in [5.74, 6) is -0.463. The van der Waals surface area contributed by atoms with E-state index in [4.69, 9.17) is 26.8 Å². The Bertz CT molecular complexity index is 765. The van der Waals surface area contributed by atoms with Gasteiger partial charge in [-0.15, -0.1) is 0 Å². The van der Waals surface area contributed by atoms with E-state index in [0.29, 0.717) is 37.6 Å². The predicted octanol–water partition coefficient (Wildman–Crippen LogP) is 0.729. The highest BCUT2D eigenvalue weighted by Crippen LogP contribution is 2.28. The first-order valence-electron chi connectivity index (χ1n) is 8.78. The summed E-state index contributed by atoms with van der Waals surface area (Å²) in [7, 11) is 1.45. The largest absolute Gasteiger partial charge is 0.474 e. The number of aliphatic hydroxyl groups excluding tert-OH is 1. The van der Waals surface area contributed by atoms with Gasteiger partial charge in [0.05, 0.1) is 51.3 Å². The van der Waals surface area contributed by atoms with Crippen LogP contribution in [0.5, 0.6) is 0 Å². The van der Waals surface area contributed by atoms with E-state index in [0.717, 1.165) is 0 Å². The second-order valence-corrected chi connectivity index (χ2v) is 6.60. The van der Waals surface area contributed by atoms with Crippen molar-refractivity contribution in [3.63, 3.8) is 0 Å². The Kier molecular flexibility index (Phi) is 6.47. The van der Waals surface area contributed by atoms with E-state index in [1.165, 1.54) is 24.4 Å². The second kappa shape index (κ2) is 9.02. The van der Waals surface area contributed by atoms with Crippen LogP contribution < -0.4 is 15.1 Å². The van der Waals surface area contributed by atoms with Gasteiger partial charge in [0.25, 0.3) is 5.17 Å². The number of amides is 1. The molecule has 0 spiro atoms. The van der Waals surface area contributed by atoms with Crippen molar-refractivity contribution in [3.8, 4) is 0 Å². The van der Waals surface area contributed by atoms with Crippen molar-refractivity contribution in [2.75, 3.05) is 56.2 Å². The summed E-state index contributed by atoms with van der Waals surface area (Å²) in [6.45, 7) is 2.16. The Balaban J connectivity index is 1.65. The Morgan fingerprint density at radius 1 is 1.50 bits per heavy atom. The lowest BCUT2D eigenvalue weighted by Gasteiger charge is -2.30. The van der Waals surface area contributed by atoms with Gasteiger partial charge >= 0.3 is 6.09 Å². The van der Waals surface area contributed by atoms with Crippen molar-refractivity contribution in [1.82, 2.24) is 10.3 Å². The lowest BCUT2D eigenvalue weighted by Crippen LogP contribution is -2.39. The molecule has 152 valence electrons. The van der Waals surface area contributed by atoms with Gasteiger partial charge in [-0.25, -0.2) is 9.18 Å². The van der Waals surface area contributed by atoms with Crippen LogP contribution >= 0.6 is 12.2 Å². The predicted molar refractivity (Wildman–Crippen MR) is 106 cm³/mol. The first kappa shape index (κ1) is 20.1. The first-order valence-corrected chi connectivity index (χ1v) is 9.18. The molecule has 0 bridgehead atoms. The van der Waals surface area contributed by atoms with Gasteiger partial charge in [0.1, 0.15) is 18.3 Å². The molecule has 28 heavy (non-hydrogen) atoms. The molecule has 1 fully saturated rings. The molecule has 0 aliphatic carbocycles. The molecule has 3 rings (SSSR count). The van der Waals surface area contributed by atoms with Gasteiger partial charge in [-0.3, -0.25) is 9.91 Å².